The molecular weight excluding hydrogens is 445 g/mol. The van der Waals surface area contributed by atoms with Gasteiger partial charge in [0.2, 0.25) is 0 Å². The molecule has 35 heavy (non-hydrogen) atoms. The highest BCUT2D eigenvalue weighted by Crippen LogP contribution is 2.23. The minimum Gasteiger partial charge on any atom is -0.334 e. The lowest BCUT2D eigenvalue weighted by Gasteiger charge is -2.31. The quantitative estimate of drug-likeness (QED) is 0.432. The number of aromatic nitrogens is 4. The number of nitrogens with zero attached hydrogens (tertiary/aromatic N) is 5. The van der Waals surface area contributed by atoms with Crippen LogP contribution in [-0.2, 0) is 32.5 Å². The molecule has 8 heteroatoms. The Kier molecular flexibility index (Phi) is 6.27. The van der Waals surface area contributed by atoms with Crippen LogP contribution in [0.3, 0.4) is 0 Å². The lowest BCUT2D eigenvalue weighted by Crippen LogP contribution is -2.40. The van der Waals surface area contributed by atoms with Crippen LogP contribution in [0.5, 0.6) is 0 Å². The second-order valence-electron chi connectivity index (χ2n) is 8.72. The normalized spacial score (nSPS) is 13.0. The molecule has 1 aliphatic heterocycles. The highest BCUT2D eigenvalue weighted by atomic mass is 19.1. The molecule has 0 spiro atoms. The number of benzene rings is 1. The van der Waals surface area contributed by atoms with Crippen molar-refractivity contribution in [1.82, 2.24) is 24.2 Å². The van der Waals surface area contributed by atoms with Gasteiger partial charge in [0.1, 0.15) is 5.82 Å². The molecule has 0 saturated heterocycles. The summed E-state index contributed by atoms with van der Waals surface area (Å²) in [5.41, 5.74) is 4.10. The first-order valence-corrected chi connectivity index (χ1v) is 11.7. The van der Waals surface area contributed by atoms with Gasteiger partial charge in [-0.05, 0) is 41.8 Å². The molecule has 0 N–H and O–H groups in total. The first kappa shape index (κ1) is 22.7. The maximum atomic E-state index is 14.4. The highest BCUT2D eigenvalue weighted by Gasteiger charge is 2.26. The van der Waals surface area contributed by atoms with Crippen molar-refractivity contribution < 1.29 is 9.18 Å². The fraction of sp³-hybridized carbons (Fsp3) is 0.259. The Morgan fingerprint density at radius 3 is 2.71 bits per heavy atom. The van der Waals surface area contributed by atoms with Crippen LogP contribution in [0.2, 0.25) is 0 Å². The maximum Gasteiger partial charge on any atom is 0.257 e. The van der Waals surface area contributed by atoms with E-state index in [4.69, 9.17) is 0 Å². The van der Waals surface area contributed by atoms with E-state index in [2.05, 4.69) is 10.1 Å². The van der Waals surface area contributed by atoms with Gasteiger partial charge in [-0.25, -0.2) is 4.39 Å². The Labute approximate surface area is 202 Å². The second kappa shape index (κ2) is 9.66. The molecule has 4 aromatic rings. The number of aryl methyl sites for hydroxylation is 1. The van der Waals surface area contributed by atoms with Crippen molar-refractivity contribution in [2.75, 3.05) is 6.54 Å². The topological polar surface area (TPSA) is 73.0 Å². The number of hydrogen-bond acceptors (Lipinski definition) is 4. The van der Waals surface area contributed by atoms with Crippen LogP contribution in [0.25, 0.3) is 0 Å². The van der Waals surface area contributed by atoms with Gasteiger partial charge in [-0.15, -0.1) is 0 Å². The molecule has 4 heterocycles. The Morgan fingerprint density at radius 2 is 1.97 bits per heavy atom. The molecule has 0 atom stereocenters. The van der Waals surface area contributed by atoms with Crippen molar-refractivity contribution >= 4 is 5.91 Å². The molecule has 1 aromatic carbocycles. The standard InChI is InChI=1S/C27H26FN5O2/c1-2-32-18-23(15-30-32)26(34)31-11-9-25-22(17-31)13-21(12-20-7-3-4-8-24(20)28)27(35)33(25)16-19-6-5-10-29-14-19/h3-8,10,13-15,18H,2,9,11-12,16-17H2,1H3. The van der Waals surface area contributed by atoms with E-state index in [0.29, 0.717) is 49.3 Å². The van der Waals surface area contributed by atoms with Gasteiger partial charge in [0.05, 0.1) is 18.3 Å². The summed E-state index contributed by atoms with van der Waals surface area (Å²) >= 11 is 0. The van der Waals surface area contributed by atoms with Gasteiger partial charge in [-0.3, -0.25) is 19.3 Å². The van der Waals surface area contributed by atoms with E-state index in [-0.39, 0.29) is 23.7 Å². The Morgan fingerprint density at radius 1 is 1.11 bits per heavy atom. The first-order valence-electron chi connectivity index (χ1n) is 11.7. The van der Waals surface area contributed by atoms with Crippen LogP contribution in [0, 0.1) is 5.82 Å². The highest BCUT2D eigenvalue weighted by molar-refractivity contribution is 5.93. The number of carbonyl (C=O) groups is 1. The number of fused-ring (bicyclic) bond motifs is 1. The summed E-state index contributed by atoms with van der Waals surface area (Å²) < 4.78 is 17.9. The van der Waals surface area contributed by atoms with Crippen molar-refractivity contribution in [2.45, 2.75) is 39.4 Å². The zero-order valence-corrected chi connectivity index (χ0v) is 19.5. The van der Waals surface area contributed by atoms with Crippen LogP contribution in [0.1, 0.15) is 45.2 Å². The Bertz CT molecular complexity index is 1430. The lowest BCUT2D eigenvalue weighted by atomic mass is 9.98. The maximum absolute atomic E-state index is 14.4. The molecular formula is C27H26FN5O2. The summed E-state index contributed by atoms with van der Waals surface area (Å²) in [5.74, 6) is -0.427. The summed E-state index contributed by atoms with van der Waals surface area (Å²) in [5, 5.41) is 4.22. The third kappa shape index (κ3) is 4.64. The molecule has 0 fully saturated rings. The van der Waals surface area contributed by atoms with E-state index in [1.54, 1.807) is 57.1 Å². The SMILES string of the molecule is CCn1cc(C(=O)N2CCc3c(cc(Cc4ccccc4F)c(=O)n3Cc3cccnc3)C2)cn1. The molecule has 0 unspecified atom stereocenters. The van der Waals surface area contributed by atoms with E-state index in [1.807, 2.05) is 25.1 Å². The van der Waals surface area contributed by atoms with Crippen molar-refractivity contribution in [3.8, 4) is 0 Å². The van der Waals surface area contributed by atoms with Gasteiger partial charge < -0.3 is 9.47 Å². The number of hydrogen-bond donors (Lipinski definition) is 0. The van der Waals surface area contributed by atoms with Gasteiger partial charge in [0.15, 0.2) is 0 Å². The first-order chi connectivity index (χ1) is 17.0. The van der Waals surface area contributed by atoms with Gasteiger partial charge >= 0.3 is 0 Å². The molecule has 0 radical (unpaired) electrons. The zero-order chi connectivity index (χ0) is 24.4. The van der Waals surface area contributed by atoms with Crippen molar-refractivity contribution in [1.29, 1.82) is 0 Å². The van der Waals surface area contributed by atoms with Crippen LogP contribution in [0.4, 0.5) is 4.39 Å². The van der Waals surface area contributed by atoms with Crippen molar-refractivity contribution in [2.24, 2.45) is 0 Å². The van der Waals surface area contributed by atoms with Gasteiger partial charge in [-0.1, -0.05) is 24.3 Å². The second-order valence-corrected chi connectivity index (χ2v) is 8.72. The van der Waals surface area contributed by atoms with E-state index < -0.39 is 0 Å². The third-order valence-corrected chi connectivity index (χ3v) is 6.44. The number of halogens is 1. The number of rotatable bonds is 6. The third-order valence-electron chi connectivity index (χ3n) is 6.44. The van der Waals surface area contributed by atoms with E-state index in [1.165, 1.54) is 6.07 Å². The van der Waals surface area contributed by atoms with Gasteiger partial charge in [0.25, 0.3) is 11.5 Å². The van der Waals surface area contributed by atoms with Crippen LogP contribution in [-0.4, -0.2) is 36.7 Å². The summed E-state index contributed by atoms with van der Waals surface area (Å²) in [4.78, 5) is 32.7. The fourth-order valence-electron chi connectivity index (χ4n) is 4.60. The molecule has 3 aromatic heterocycles. The summed E-state index contributed by atoms with van der Waals surface area (Å²) in [6.07, 6.45) is 7.52. The fourth-order valence-corrected chi connectivity index (χ4v) is 4.60. The van der Waals surface area contributed by atoms with Crippen molar-refractivity contribution in [3.63, 3.8) is 0 Å². The minimum absolute atomic E-state index is 0.0870. The predicted molar refractivity (Wildman–Crippen MR) is 130 cm³/mol. The van der Waals surface area contributed by atoms with Crippen LogP contribution in [0.15, 0.2) is 72.0 Å². The zero-order valence-electron chi connectivity index (χ0n) is 19.5. The van der Waals surface area contributed by atoms with Gasteiger partial charge in [-0.2, -0.15) is 5.10 Å². The van der Waals surface area contributed by atoms with E-state index in [0.717, 1.165) is 16.8 Å². The molecule has 1 aliphatic rings. The molecule has 0 saturated carbocycles. The minimum atomic E-state index is -0.340. The number of amides is 1. The molecule has 0 bridgehead atoms. The summed E-state index contributed by atoms with van der Waals surface area (Å²) in [7, 11) is 0. The Balaban J connectivity index is 1.53. The monoisotopic (exact) mass is 471 g/mol. The Hall–Kier alpha value is -4.07. The summed E-state index contributed by atoms with van der Waals surface area (Å²) in [6.45, 7) is 3.91. The van der Waals surface area contributed by atoms with Crippen molar-refractivity contribution in [3.05, 3.63) is 117 Å². The average molecular weight is 472 g/mol. The molecule has 1 amide bonds. The predicted octanol–water partition coefficient (Wildman–Crippen LogP) is 3.44. The lowest BCUT2D eigenvalue weighted by molar-refractivity contribution is 0.0732. The van der Waals surface area contributed by atoms with Gasteiger partial charge in [0, 0.05) is 62.3 Å². The van der Waals surface area contributed by atoms with E-state index in [9.17, 15) is 14.0 Å². The molecule has 0 aliphatic carbocycles. The largest absolute Gasteiger partial charge is 0.334 e. The smallest absolute Gasteiger partial charge is 0.257 e. The summed E-state index contributed by atoms with van der Waals surface area (Å²) in [6, 6.07) is 12.1. The van der Waals surface area contributed by atoms with Crippen LogP contribution < -0.4 is 5.56 Å². The molecule has 7 nitrogen and oxygen atoms in total. The number of carbonyl (C=O) groups excluding carboxylic acids is 1. The van der Waals surface area contributed by atoms with E-state index >= 15 is 0 Å². The molecule has 178 valence electrons. The molecule has 5 rings (SSSR count). The average Bonchev–Trinajstić information content (AvgIpc) is 3.37. The van der Waals surface area contributed by atoms with Crippen LogP contribution >= 0.6 is 0 Å². The number of pyridine rings is 2.